The summed E-state index contributed by atoms with van der Waals surface area (Å²) < 4.78 is 72.7. The van der Waals surface area contributed by atoms with Gasteiger partial charge in [0.2, 0.25) is 0 Å². The van der Waals surface area contributed by atoms with E-state index in [-0.39, 0.29) is 23.7 Å². The van der Waals surface area contributed by atoms with E-state index in [0.717, 1.165) is 77.0 Å². The molecule has 0 atom stereocenters. The van der Waals surface area contributed by atoms with Crippen molar-refractivity contribution in [2.24, 2.45) is 47.3 Å². The molecule has 0 heterocycles. The highest BCUT2D eigenvalue weighted by atomic mass is 19.3. The minimum atomic E-state index is -5.29. The monoisotopic (exact) mass is 556 g/mol. The molecule has 0 aliphatic heterocycles. The van der Waals surface area contributed by atoms with Crippen molar-refractivity contribution < 1.29 is 36.6 Å². The van der Waals surface area contributed by atoms with Crippen molar-refractivity contribution in [1.29, 1.82) is 0 Å². The number of unbranched alkanes of at least 4 members (excludes halogenated alkanes) is 2. The maximum absolute atomic E-state index is 15.4. The van der Waals surface area contributed by atoms with E-state index < -0.39 is 35.0 Å². The molecule has 0 amide bonds. The standard InChI is InChI=1S/C31H44F4O4/c1-3-5-6-7-29(24-14-20-9-21(16-24)17-25(29)15-20)39-27(37)31(34,35)30(32,33)26(36)38-28(4-2)22-10-18-8-19(12-22)13-23(28)11-18/h18-25H,3-17H2,1-2H3. The number of hydrogen-bond acceptors (Lipinski definition) is 4. The number of hydrogen-bond donors (Lipinski definition) is 0. The Morgan fingerprint density at radius 3 is 1.33 bits per heavy atom. The van der Waals surface area contributed by atoms with Gasteiger partial charge in [0.25, 0.3) is 0 Å². The lowest BCUT2D eigenvalue weighted by Gasteiger charge is -2.60. The van der Waals surface area contributed by atoms with Gasteiger partial charge in [0.05, 0.1) is 0 Å². The van der Waals surface area contributed by atoms with Gasteiger partial charge in [-0.15, -0.1) is 0 Å². The summed E-state index contributed by atoms with van der Waals surface area (Å²) in [4.78, 5) is 26.0. The molecule has 8 rings (SSSR count). The Balaban J connectivity index is 1.21. The number of rotatable bonds is 10. The lowest BCUT2D eigenvalue weighted by Crippen LogP contribution is -2.64. The van der Waals surface area contributed by atoms with E-state index in [1.54, 1.807) is 6.92 Å². The summed E-state index contributed by atoms with van der Waals surface area (Å²) in [6.07, 6.45) is 11.7. The van der Waals surface area contributed by atoms with Crippen LogP contribution in [0, 0.1) is 47.3 Å². The van der Waals surface area contributed by atoms with Crippen LogP contribution in [0.15, 0.2) is 0 Å². The number of carbonyl (C=O) groups is 2. The predicted octanol–water partition coefficient (Wildman–Crippen LogP) is 7.72. The zero-order valence-corrected chi connectivity index (χ0v) is 23.4. The topological polar surface area (TPSA) is 52.6 Å². The highest BCUT2D eigenvalue weighted by Gasteiger charge is 2.73. The number of esters is 2. The summed E-state index contributed by atoms with van der Waals surface area (Å²) in [5.74, 6) is -13.5. The van der Waals surface area contributed by atoms with E-state index >= 15 is 17.6 Å². The van der Waals surface area contributed by atoms with E-state index in [1.807, 2.05) is 6.92 Å². The Bertz CT molecular complexity index is 922. The van der Waals surface area contributed by atoms with Crippen LogP contribution in [0.5, 0.6) is 0 Å². The molecule has 8 aliphatic rings. The van der Waals surface area contributed by atoms with Gasteiger partial charge in [0.15, 0.2) is 0 Å². The number of halogens is 4. The zero-order chi connectivity index (χ0) is 27.8. The van der Waals surface area contributed by atoms with Gasteiger partial charge in [-0.1, -0.05) is 26.7 Å². The molecule has 8 bridgehead atoms. The molecule has 8 aliphatic carbocycles. The number of ether oxygens (including phenoxy) is 2. The first kappa shape index (κ1) is 27.8. The summed E-state index contributed by atoms with van der Waals surface area (Å²) >= 11 is 0. The first-order chi connectivity index (χ1) is 18.4. The van der Waals surface area contributed by atoms with E-state index in [1.165, 1.54) is 0 Å². The summed E-state index contributed by atoms with van der Waals surface area (Å²) in [6, 6.07) is 0. The highest BCUT2D eigenvalue weighted by Crippen LogP contribution is 2.63. The molecule has 8 saturated carbocycles. The Labute approximate surface area is 229 Å². The molecule has 0 N–H and O–H groups in total. The second kappa shape index (κ2) is 9.61. The fourth-order valence-electron chi connectivity index (χ4n) is 10.8. The lowest BCUT2D eigenvalue weighted by molar-refractivity contribution is -0.273. The van der Waals surface area contributed by atoms with E-state index in [0.29, 0.717) is 42.9 Å². The summed E-state index contributed by atoms with van der Waals surface area (Å²) in [5.41, 5.74) is -2.30. The molecule has 0 saturated heterocycles. The smallest absolute Gasteiger partial charge is 0.415 e. The summed E-state index contributed by atoms with van der Waals surface area (Å²) in [5, 5.41) is 0. The average Bonchev–Trinajstić information content (AvgIpc) is 2.88. The second-order valence-electron chi connectivity index (χ2n) is 14.3. The predicted molar refractivity (Wildman–Crippen MR) is 136 cm³/mol. The Morgan fingerprint density at radius 2 is 0.974 bits per heavy atom. The van der Waals surface area contributed by atoms with Gasteiger partial charge in [-0.25, -0.2) is 9.59 Å². The van der Waals surface area contributed by atoms with Gasteiger partial charge in [0, 0.05) is 0 Å². The van der Waals surface area contributed by atoms with Crippen LogP contribution >= 0.6 is 0 Å². The van der Waals surface area contributed by atoms with Crippen LogP contribution < -0.4 is 0 Å². The fraction of sp³-hybridized carbons (Fsp3) is 0.935. The molecular formula is C31H44F4O4. The highest BCUT2D eigenvalue weighted by molar-refractivity contribution is 5.90. The molecular weight excluding hydrogens is 512 g/mol. The first-order valence-corrected chi connectivity index (χ1v) is 15.7. The van der Waals surface area contributed by atoms with E-state index in [9.17, 15) is 9.59 Å². The summed E-state index contributed by atoms with van der Waals surface area (Å²) in [7, 11) is 0. The van der Waals surface area contributed by atoms with Crippen molar-refractivity contribution in [3.05, 3.63) is 0 Å². The molecule has 4 nitrogen and oxygen atoms in total. The number of alkyl halides is 4. The molecule has 0 aromatic carbocycles. The van der Waals surface area contributed by atoms with Crippen LogP contribution in [0.2, 0.25) is 0 Å². The van der Waals surface area contributed by atoms with Crippen LogP contribution in [0.3, 0.4) is 0 Å². The van der Waals surface area contributed by atoms with Crippen molar-refractivity contribution in [3.8, 4) is 0 Å². The molecule has 0 unspecified atom stereocenters. The van der Waals surface area contributed by atoms with Crippen LogP contribution in [0.25, 0.3) is 0 Å². The molecule has 0 spiro atoms. The van der Waals surface area contributed by atoms with Crippen LogP contribution in [0.1, 0.15) is 110 Å². The van der Waals surface area contributed by atoms with Gasteiger partial charge in [-0.2, -0.15) is 17.6 Å². The van der Waals surface area contributed by atoms with Gasteiger partial charge in [-0.3, -0.25) is 0 Å². The Kier molecular flexibility index (Phi) is 6.85. The third-order valence-corrected chi connectivity index (χ3v) is 12.2. The molecule has 39 heavy (non-hydrogen) atoms. The van der Waals surface area contributed by atoms with Gasteiger partial charge in [-0.05, 0) is 131 Å². The number of carbonyl (C=O) groups excluding carboxylic acids is 2. The van der Waals surface area contributed by atoms with Crippen LogP contribution in [0.4, 0.5) is 17.6 Å². The fourth-order valence-corrected chi connectivity index (χ4v) is 10.8. The molecule has 220 valence electrons. The molecule has 8 fully saturated rings. The van der Waals surface area contributed by atoms with Crippen molar-refractivity contribution in [2.45, 2.75) is 133 Å². The van der Waals surface area contributed by atoms with Crippen molar-refractivity contribution in [1.82, 2.24) is 0 Å². The third kappa shape index (κ3) is 4.18. The lowest BCUT2D eigenvalue weighted by atomic mass is 9.49. The van der Waals surface area contributed by atoms with Crippen LogP contribution in [-0.4, -0.2) is 35.0 Å². The SMILES string of the molecule is CCCCCC1(OC(=O)C(F)(F)C(F)(F)C(=O)OC2(CC)C3CC4CC(C3)CC2C4)C2CC3CC(C2)CC1C3. The molecule has 0 radical (unpaired) electrons. The third-order valence-electron chi connectivity index (χ3n) is 12.2. The normalized spacial score (nSPS) is 44.1. The first-order valence-electron chi connectivity index (χ1n) is 15.7. The van der Waals surface area contributed by atoms with Crippen LogP contribution in [-0.2, 0) is 19.1 Å². The average molecular weight is 557 g/mol. The quantitative estimate of drug-likeness (QED) is 0.157. The largest absolute Gasteiger partial charge is 0.454 e. The second-order valence-corrected chi connectivity index (χ2v) is 14.3. The maximum atomic E-state index is 15.4. The van der Waals surface area contributed by atoms with Crippen molar-refractivity contribution in [2.75, 3.05) is 0 Å². The van der Waals surface area contributed by atoms with Crippen molar-refractivity contribution in [3.63, 3.8) is 0 Å². The van der Waals surface area contributed by atoms with E-state index in [4.69, 9.17) is 9.47 Å². The van der Waals surface area contributed by atoms with Gasteiger partial charge in [0.1, 0.15) is 11.2 Å². The van der Waals surface area contributed by atoms with Gasteiger partial charge < -0.3 is 9.47 Å². The maximum Gasteiger partial charge on any atom is 0.415 e. The molecule has 8 heteroatoms. The van der Waals surface area contributed by atoms with Gasteiger partial charge >= 0.3 is 23.8 Å². The summed E-state index contributed by atoms with van der Waals surface area (Å²) in [6.45, 7) is 3.81. The minimum absolute atomic E-state index is 0.0812. The Hall–Kier alpha value is -1.34. The molecule has 0 aromatic rings. The van der Waals surface area contributed by atoms with Crippen molar-refractivity contribution >= 4 is 11.9 Å². The molecule has 0 aromatic heterocycles. The van der Waals surface area contributed by atoms with E-state index in [2.05, 4.69) is 0 Å². The Morgan fingerprint density at radius 1 is 0.615 bits per heavy atom. The minimum Gasteiger partial charge on any atom is -0.454 e. The zero-order valence-electron chi connectivity index (χ0n) is 23.4.